The lowest BCUT2D eigenvalue weighted by Gasteiger charge is -2.13. The smallest absolute Gasteiger partial charge is 0.325 e. The van der Waals surface area contributed by atoms with Crippen LogP contribution in [0.1, 0.15) is 13.8 Å². The van der Waals surface area contributed by atoms with Crippen molar-refractivity contribution in [1.82, 2.24) is 9.36 Å². The summed E-state index contributed by atoms with van der Waals surface area (Å²) in [6.07, 6.45) is 1.39. The molecule has 0 bridgehead atoms. The van der Waals surface area contributed by atoms with Gasteiger partial charge in [0.15, 0.2) is 0 Å². The maximum atomic E-state index is 11.8. The van der Waals surface area contributed by atoms with E-state index in [4.69, 9.17) is 4.74 Å². The summed E-state index contributed by atoms with van der Waals surface area (Å²) in [6.45, 7) is 4.73. The monoisotopic (exact) mass is 292 g/mol. The van der Waals surface area contributed by atoms with E-state index in [-0.39, 0.29) is 6.03 Å². The highest BCUT2D eigenvalue weighted by Gasteiger charge is 2.09. The van der Waals surface area contributed by atoms with Gasteiger partial charge in [0.2, 0.25) is 5.13 Å². The summed E-state index contributed by atoms with van der Waals surface area (Å²) in [6, 6.07) is 6.94. The lowest BCUT2D eigenvalue weighted by molar-refractivity contribution is 0.260. The molecule has 2 amide bonds. The highest BCUT2D eigenvalue weighted by Crippen LogP contribution is 2.24. The van der Waals surface area contributed by atoms with Gasteiger partial charge in [-0.25, -0.2) is 9.78 Å². The van der Waals surface area contributed by atoms with Gasteiger partial charge in [0.25, 0.3) is 0 Å². The number of anilines is 2. The van der Waals surface area contributed by atoms with Crippen LogP contribution in [0.3, 0.4) is 0 Å². The number of nitrogens with one attached hydrogen (secondary N) is 2. The van der Waals surface area contributed by atoms with Gasteiger partial charge < -0.3 is 10.1 Å². The van der Waals surface area contributed by atoms with Crippen molar-refractivity contribution in [3.8, 4) is 5.75 Å². The third-order valence-corrected chi connectivity index (χ3v) is 2.87. The number of rotatable bonds is 5. The Morgan fingerprint density at radius 1 is 1.35 bits per heavy atom. The van der Waals surface area contributed by atoms with Crippen LogP contribution in [0.4, 0.5) is 15.6 Å². The molecule has 6 nitrogen and oxygen atoms in total. The summed E-state index contributed by atoms with van der Waals surface area (Å²) < 4.78 is 9.48. The Morgan fingerprint density at radius 3 is 2.85 bits per heavy atom. The molecule has 2 N–H and O–H groups in total. The fourth-order valence-corrected chi connectivity index (χ4v) is 1.86. The van der Waals surface area contributed by atoms with E-state index in [9.17, 15) is 4.79 Å². The van der Waals surface area contributed by atoms with E-state index in [2.05, 4.69) is 33.8 Å². The molecule has 0 saturated heterocycles. The van der Waals surface area contributed by atoms with Crippen LogP contribution >= 0.6 is 11.5 Å². The summed E-state index contributed by atoms with van der Waals surface area (Å²) in [5.41, 5.74) is 0.621. The molecule has 2 rings (SSSR count). The number of para-hydroxylation sites is 2. The second-order valence-corrected chi connectivity index (χ2v) is 5.31. The van der Waals surface area contributed by atoms with Crippen LogP contribution in [0, 0.1) is 5.92 Å². The van der Waals surface area contributed by atoms with Gasteiger partial charge in [-0.15, -0.1) is 0 Å². The first kappa shape index (κ1) is 14.3. The molecule has 7 heteroatoms. The van der Waals surface area contributed by atoms with Gasteiger partial charge in [-0.3, -0.25) is 5.32 Å². The molecule has 0 aliphatic carbocycles. The van der Waals surface area contributed by atoms with Gasteiger partial charge >= 0.3 is 6.03 Å². The Morgan fingerprint density at radius 2 is 2.15 bits per heavy atom. The fourth-order valence-electron chi connectivity index (χ4n) is 1.43. The van der Waals surface area contributed by atoms with Crippen LogP contribution in [-0.4, -0.2) is 22.0 Å². The molecule has 20 heavy (non-hydrogen) atoms. The Bertz CT molecular complexity index is 557. The van der Waals surface area contributed by atoms with Gasteiger partial charge in [0.1, 0.15) is 12.1 Å². The summed E-state index contributed by atoms with van der Waals surface area (Å²) in [7, 11) is 0. The molecule has 106 valence electrons. The van der Waals surface area contributed by atoms with Crippen molar-refractivity contribution in [2.45, 2.75) is 13.8 Å². The predicted molar refractivity (Wildman–Crippen MR) is 79.3 cm³/mol. The molecule has 0 atom stereocenters. The number of aromatic nitrogens is 2. The van der Waals surface area contributed by atoms with E-state index in [1.165, 1.54) is 6.33 Å². The van der Waals surface area contributed by atoms with Crippen molar-refractivity contribution in [1.29, 1.82) is 0 Å². The first-order valence-electron chi connectivity index (χ1n) is 6.21. The van der Waals surface area contributed by atoms with E-state index < -0.39 is 0 Å². The average Bonchev–Trinajstić information content (AvgIpc) is 2.90. The molecule has 0 radical (unpaired) electrons. The van der Waals surface area contributed by atoms with Crippen LogP contribution in [0.5, 0.6) is 5.75 Å². The number of carbonyl (C=O) groups excluding carboxylic acids is 1. The third-order valence-electron chi connectivity index (χ3n) is 2.29. The lowest BCUT2D eigenvalue weighted by Crippen LogP contribution is -2.20. The van der Waals surface area contributed by atoms with Crippen LogP contribution in [-0.2, 0) is 0 Å². The summed E-state index contributed by atoms with van der Waals surface area (Å²) in [4.78, 5) is 15.7. The number of amides is 2. The van der Waals surface area contributed by atoms with Gasteiger partial charge in [-0.1, -0.05) is 26.0 Å². The van der Waals surface area contributed by atoms with Gasteiger partial charge in [0.05, 0.1) is 12.3 Å². The molecule has 2 aromatic rings. The standard InChI is InChI=1S/C13H16N4O2S/c1-9(2)7-19-11-6-4-3-5-10(11)16-12(18)17-13-14-8-15-20-13/h3-6,8-9H,7H2,1-2H3,(H2,14,15,16,17,18). The number of nitrogens with zero attached hydrogens (tertiary/aromatic N) is 2. The summed E-state index contributed by atoms with van der Waals surface area (Å²) in [5.74, 6) is 1.06. The number of hydrogen-bond donors (Lipinski definition) is 2. The van der Waals surface area contributed by atoms with Crippen molar-refractivity contribution in [2.75, 3.05) is 17.2 Å². The molecule has 0 aliphatic rings. The minimum atomic E-state index is -0.373. The normalized spacial score (nSPS) is 10.3. The van der Waals surface area contributed by atoms with Gasteiger partial charge in [0, 0.05) is 11.5 Å². The minimum absolute atomic E-state index is 0.373. The molecule has 0 unspecified atom stereocenters. The van der Waals surface area contributed by atoms with Crippen molar-refractivity contribution in [2.24, 2.45) is 5.92 Å². The first-order chi connectivity index (χ1) is 9.65. The van der Waals surface area contributed by atoms with Crippen LogP contribution in [0.25, 0.3) is 0 Å². The zero-order valence-electron chi connectivity index (χ0n) is 11.3. The molecule has 1 heterocycles. The number of ether oxygens (including phenoxy) is 1. The van der Waals surface area contributed by atoms with E-state index >= 15 is 0 Å². The van der Waals surface area contributed by atoms with Crippen molar-refractivity contribution in [3.63, 3.8) is 0 Å². The second-order valence-electron chi connectivity index (χ2n) is 4.53. The van der Waals surface area contributed by atoms with Gasteiger partial charge in [-0.2, -0.15) is 4.37 Å². The molecular weight excluding hydrogens is 276 g/mol. The minimum Gasteiger partial charge on any atom is -0.491 e. The molecule has 1 aromatic heterocycles. The average molecular weight is 292 g/mol. The van der Waals surface area contributed by atoms with Crippen molar-refractivity contribution in [3.05, 3.63) is 30.6 Å². The van der Waals surface area contributed by atoms with E-state index in [1.807, 2.05) is 18.2 Å². The quantitative estimate of drug-likeness (QED) is 0.887. The van der Waals surface area contributed by atoms with E-state index in [0.717, 1.165) is 11.5 Å². The number of hydrogen-bond acceptors (Lipinski definition) is 5. The van der Waals surface area contributed by atoms with E-state index in [1.54, 1.807) is 6.07 Å². The SMILES string of the molecule is CC(C)COc1ccccc1NC(=O)Nc1ncns1. The van der Waals surface area contributed by atoms with Gasteiger partial charge in [-0.05, 0) is 18.1 Å². The second kappa shape index (κ2) is 6.85. The molecular formula is C13H16N4O2S. The third kappa shape index (κ3) is 4.20. The van der Waals surface area contributed by atoms with Crippen molar-refractivity contribution < 1.29 is 9.53 Å². The summed E-state index contributed by atoms with van der Waals surface area (Å²) in [5, 5.41) is 5.79. The zero-order valence-corrected chi connectivity index (χ0v) is 12.1. The number of urea groups is 1. The maximum absolute atomic E-state index is 11.8. The fraction of sp³-hybridized carbons (Fsp3) is 0.308. The first-order valence-corrected chi connectivity index (χ1v) is 6.99. The molecule has 0 saturated carbocycles. The highest BCUT2D eigenvalue weighted by molar-refractivity contribution is 7.09. The Balaban J connectivity index is 1.99. The largest absolute Gasteiger partial charge is 0.491 e. The van der Waals surface area contributed by atoms with Crippen LogP contribution in [0.2, 0.25) is 0 Å². The summed E-state index contributed by atoms with van der Waals surface area (Å²) >= 11 is 1.12. The predicted octanol–water partition coefficient (Wildman–Crippen LogP) is 3.22. The van der Waals surface area contributed by atoms with E-state index in [0.29, 0.717) is 29.1 Å². The zero-order chi connectivity index (χ0) is 14.4. The Labute approximate surface area is 121 Å². The number of benzene rings is 1. The lowest BCUT2D eigenvalue weighted by atomic mass is 10.2. The van der Waals surface area contributed by atoms with Crippen molar-refractivity contribution >= 4 is 28.4 Å². The Hall–Kier alpha value is -2.15. The number of carbonyl (C=O) groups is 1. The van der Waals surface area contributed by atoms with Crippen LogP contribution in [0.15, 0.2) is 30.6 Å². The van der Waals surface area contributed by atoms with Crippen LogP contribution < -0.4 is 15.4 Å². The molecule has 0 spiro atoms. The molecule has 0 fully saturated rings. The Kier molecular flexibility index (Phi) is 4.89. The highest BCUT2D eigenvalue weighted by atomic mass is 32.1. The maximum Gasteiger partial charge on any atom is 0.325 e. The topological polar surface area (TPSA) is 76.1 Å². The molecule has 1 aromatic carbocycles. The molecule has 0 aliphatic heterocycles.